The normalized spacial score (nSPS) is 30.1. The quantitative estimate of drug-likeness (QED) is 0.772. The van der Waals surface area contributed by atoms with Crippen LogP contribution >= 0.6 is 0 Å². The van der Waals surface area contributed by atoms with Gasteiger partial charge in [-0.25, -0.2) is 12.7 Å². The molecule has 1 aliphatic heterocycles. The Balaban J connectivity index is 1.94. The lowest BCUT2D eigenvalue weighted by Gasteiger charge is -2.18. The minimum absolute atomic E-state index is 0.0448. The molecule has 0 aromatic rings. The zero-order chi connectivity index (χ0) is 10.9. The molecule has 0 aromatic heterocycles. The van der Waals surface area contributed by atoms with Gasteiger partial charge in [-0.2, -0.15) is 0 Å². The SMILES string of the molecule is N[C@H]1CCN(S(=O)(=O)CC2CCCC2)C1. The fraction of sp³-hybridized carbons (Fsp3) is 1.00. The zero-order valence-corrected chi connectivity index (χ0v) is 9.88. The maximum atomic E-state index is 12.0. The summed E-state index contributed by atoms with van der Waals surface area (Å²) in [7, 11) is -3.02. The van der Waals surface area contributed by atoms with Crippen molar-refractivity contribution in [3.63, 3.8) is 0 Å². The largest absolute Gasteiger partial charge is 0.326 e. The fourth-order valence-electron chi connectivity index (χ4n) is 2.59. The Morgan fingerprint density at radius 1 is 1.20 bits per heavy atom. The average molecular weight is 232 g/mol. The van der Waals surface area contributed by atoms with Gasteiger partial charge in [0.25, 0.3) is 0 Å². The number of hydrogen-bond donors (Lipinski definition) is 1. The minimum Gasteiger partial charge on any atom is -0.326 e. The van der Waals surface area contributed by atoms with E-state index >= 15 is 0 Å². The van der Waals surface area contributed by atoms with E-state index in [9.17, 15) is 8.42 Å². The molecule has 2 aliphatic rings. The Morgan fingerprint density at radius 2 is 1.87 bits per heavy atom. The van der Waals surface area contributed by atoms with Crippen LogP contribution in [0.4, 0.5) is 0 Å². The standard InChI is InChI=1S/C10H20N2O2S/c11-10-5-6-12(7-10)15(13,14)8-9-3-1-2-4-9/h9-10H,1-8,11H2/t10-/m0/s1. The Bertz CT molecular complexity index is 309. The second kappa shape index (κ2) is 4.39. The van der Waals surface area contributed by atoms with Crippen molar-refractivity contribution in [3.8, 4) is 0 Å². The molecule has 0 radical (unpaired) electrons. The monoisotopic (exact) mass is 232 g/mol. The topological polar surface area (TPSA) is 63.4 Å². The van der Waals surface area contributed by atoms with Gasteiger partial charge in [-0.3, -0.25) is 0 Å². The molecule has 88 valence electrons. The predicted molar refractivity (Wildman–Crippen MR) is 59.9 cm³/mol. The summed E-state index contributed by atoms with van der Waals surface area (Å²) in [6.07, 6.45) is 5.36. The van der Waals surface area contributed by atoms with Crippen LogP contribution in [0.5, 0.6) is 0 Å². The third kappa shape index (κ3) is 2.71. The van der Waals surface area contributed by atoms with E-state index in [4.69, 9.17) is 5.73 Å². The molecule has 1 heterocycles. The lowest BCUT2D eigenvalue weighted by molar-refractivity contribution is 0.459. The van der Waals surface area contributed by atoms with E-state index in [0.29, 0.717) is 24.8 Å². The van der Waals surface area contributed by atoms with Crippen LogP contribution in [0.3, 0.4) is 0 Å². The second-order valence-corrected chi connectivity index (χ2v) is 6.85. The molecule has 1 atom stereocenters. The molecular formula is C10H20N2O2S. The van der Waals surface area contributed by atoms with Gasteiger partial charge in [-0.15, -0.1) is 0 Å². The fourth-order valence-corrected chi connectivity index (χ4v) is 4.53. The van der Waals surface area contributed by atoms with Gasteiger partial charge in [0, 0.05) is 19.1 Å². The molecule has 2 rings (SSSR count). The van der Waals surface area contributed by atoms with E-state index in [0.717, 1.165) is 19.3 Å². The summed E-state index contributed by atoms with van der Waals surface area (Å²) in [6, 6.07) is 0.0448. The third-order valence-electron chi connectivity index (χ3n) is 3.50. The molecule has 1 aliphatic carbocycles. The number of hydrogen-bond acceptors (Lipinski definition) is 3. The molecule has 1 saturated heterocycles. The number of rotatable bonds is 3. The molecule has 15 heavy (non-hydrogen) atoms. The van der Waals surface area contributed by atoms with Crippen LogP contribution in [0.2, 0.25) is 0 Å². The molecule has 0 spiro atoms. The molecule has 4 nitrogen and oxygen atoms in total. The van der Waals surface area contributed by atoms with Gasteiger partial charge in [0.15, 0.2) is 0 Å². The average Bonchev–Trinajstić information content (AvgIpc) is 2.75. The molecule has 1 saturated carbocycles. The maximum absolute atomic E-state index is 12.0. The van der Waals surface area contributed by atoms with Gasteiger partial charge < -0.3 is 5.73 Å². The van der Waals surface area contributed by atoms with Gasteiger partial charge >= 0.3 is 0 Å². The molecule has 2 N–H and O–H groups in total. The van der Waals surface area contributed by atoms with Gasteiger partial charge in [-0.1, -0.05) is 12.8 Å². The molecule has 0 amide bonds. The van der Waals surface area contributed by atoms with E-state index < -0.39 is 10.0 Å². The highest BCUT2D eigenvalue weighted by molar-refractivity contribution is 7.89. The first-order valence-corrected chi connectivity index (χ1v) is 7.42. The third-order valence-corrected chi connectivity index (χ3v) is 5.51. The molecule has 0 unspecified atom stereocenters. The van der Waals surface area contributed by atoms with Gasteiger partial charge in [-0.05, 0) is 25.2 Å². The minimum atomic E-state index is -3.02. The predicted octanol–water partition coefficient (Wildman–Crippen LogP) is 0.539. The van der Waals surface area contributed by atoms with E-state index in [1.54, 1.807) is 4.31 Å². The van der Waals surface area contributed by atoms with Crippen LogP contribution in [0.25, 0.3) is 0 Å². The Morgan fingerprint density at radius 3 is 2.40 bits per heavy atom. The van der Waals surface area contributed by atoms with Crippen molar-refractivity contribution >= 4 is 10.0 Å². The first-order chi connectivity index (χ1) is 7.08. The summed E-state index contributed by atoms with van der Waals surface area (Å²) in [4.78, 5) is 0. The Kier molecular flexibility index (Phi) is 3.33. The maximum Gasteiger partial charge on any atom is 0.214 e. The Labute approximate surface area is 91.9 Å². The number of sulfonamides is 1. The van der Waals surface area contributed by atoms with Crippen molar-refractivity contribution in [1.29, 1.82) is 0 Å². The summed E-state index contributed by atoms with van der Waals surface area (Å²) in [6.45, 7) is 1.14. The molecule has 2 fully saturated rings. The van der Waals surface area contributed by atoms with Crippen molar-refractivity contribution in [3.05, 3.63) is 0 Å². The number of nitrogens with two attached hydrogens (primary N) is 1. The van der Waals surface area contributed by atoms with Crippen LogP contribution < -0.4 is 5.73 Å². The summed E-state index contributed by atoms with van der Waals surface area (Å²) < 4.78 is 25.6. The zero-order valence-electron chi connectivity index (χ0n) is 9.06. The van der Waals surface area contributed by atoms with Crippen LogP contribution in [-0.2, 0) is 10.0 Å². The first-order valence-electron chi connectivity index (χ1n) is 5.81. The summed E-state index contributed by atoms with van der Waals surface area (Å²) in [5, 5.41) is 0. The van der Waals surface area contributed by atoms with E-state index in [-0.39, 0.29) is 6.04 Å². The lowest BCUT2D eigenvalue weighted by Crippen LogP contribution is -2.35. The Hall–Kier alpha value is -0.130. The van der Waals surface area contributed by atoms with Gasteiger partial charge in [0.1, 0.15) is 0 Å². The molecule has 0 aromatic carbocycles. The summed E-state index contributed by atoms with van der Waals surface area (Å²) >= 11 is 0. The highest BCUT2D eigenvalue weighted by Gasteiger charge is 2.32. The highest BCUT2D eigenvalue weighted by atomic mass is 32.2. The van der Waals surface area contributed by atoms with E-state index in [2.05, 4.69) is 0 Å². The van der Waals surface area contributed by atoms with Crippen LogP contribution in [0.15, 0.2) is 0 Å². The van der Waals surface area contributed by atoms with E-state index in [1.165, 1.54) is 12.8 Å². The second-order valence-electron chi connectivity index (χ2n) is 4.84. The van der Waals surface area contributed by atoms with E-state index in [1.807, 2.05) is 0 Å². The van der Waals surface area contributed by atoms with Crippen molar-refractivity contribution in [2.24, 2.45) is 11.7 Å². The van der Waals surface area contributed by atoms with Crippen LogP contribution in [-0.4, -0.2) is 37.6 Å². The van der Waals surface area contributed by atoms with Crippen molar-refractivity contribution in [2.75, 3.05) is 18.8 Å². The summed E-state index contributed by atoms with van der Waals surface area (Å²) in [5.41, 5.74) is 5.72. The molecular weight excluding hydrogens is 212 g/mol. The van der Waals surface area contributed by atoms with Crippen molar-refractivity contribution < 1.29 is 8.42 Å². The number of nitrogens with zero attached hydrogens (tertiary/aromatic N) is 1. The van der Waals surface area contributed by atoms with Crippen LogP contribution in [0.1, 0.15) is 32.1 Å². The summed E-state index contributed by atoms with van der Waals surface area (Å²) in [5.74, 6) is 0.742. The molecule has 5 heteroatoms. The van der Waals surface area contributed by atoms with Gasteiger partial charge in [0.2, 0.25) is 10.0 Å². The molecule has 0 bridgehead atoms. The van der Waals surface area contributed by atoms with Crippen molar-refractivity contribution in [2.45, 2.75) is 38.1 Å². The van der Waals surface area contributed by atoms with Crippen LogP contribution in [0, 0.1) is 5.92 Å². The first kappa shape index (κ1) is 11.4. The lowest BCUT2D eigenvalue weighted by atomic mass is 10.1. The van der Waals surface area contributed by atoms with Gasteiger partial charge in [0.05, 0.1) is 5.75 Å². The highest BCUT2D eigenvalue weighted by Crippen LogP contribution is 2.27. The smallest absolute Gasteiger partial charge is 0.214 e. The van der Waals surface area contributed by atoms with Crippen molar-refractivity contribution in [1.82, 2.24) is 4.31 Å².